The second kappa shape index (κ2) is 4.57. The van der Waals surface area contributed by atoms with Crippen LogP contribution in [0.25, 0.3) is 16.9 Å². The Kier molecular flexibility index (Phi) is 2.76. The molecule has 4 heteroatoms. The molecule has 0 saturated heterocycles. The molecule has 0 N–H and O–H groups in total. The fourth-order valence-corrected chi connectivity index (χ4v) is 2.09. The molecule has 0 aliphatic heterocycles. The summed E-state index contributed by atoms with van der Waals surface area (Å²) in [5.74, 6) is 1.54. The molecule has 0 bridgehead atoms. The van der Waals surface area contributed by atoms with Crippen molar-refractivity contribution in [3.8, 4) is 17.1 Å². The molecule has 0 unspecified atom stereocenters. The molecule has 0 atom stereocenters. The number of imidazole rings is 1. The molecule has 0 saturated carbocycles. The number of aromatic nitrogens is 2. The molecule has 4 nitrogen and oxygen atoms in total. The summed E-state index contributed by atoms with van der Waals surface area (Å²) >= 11 is 0. The highest BCUT2D eigenvalue weighted by Crippen LogP contribution is 2.24. The summed E-state index contributed by atoms with van der Waals surface area (Å²) in [6.07, 6.45) is 2.68. The van der Waals surface area contributed by atoms with Crippen LogP contribution in [0.5, 0.6) is 5.75 Å². The molecule has 0 radical (unpaired) electrons. The van der Waals surface area contributed by atoms with E-state index in [-0.39, 0.29) is 0 Å². The van der Waals surface area contributed by atoms with Gasteiger partial charge in [0, 0.05) is 11.8 Å². The van der Waals surface area contributed by atoms with Crippen molar-refractivity contribution >= 4 is 11.8 Å². The van der Waals surface area contributed by atoms with Gasteiger partial charge in [-0.2, -0.15) is 0 Å². The Morgan fingerprint density at radius 3 is 2.63 bits per heavy atom. The SMILES string of the molecule is COc1ccc(-c2nc(C=O)c3ccccn23)cc1. The van der Waals surface area contributed by atoms with E-state index in [2.05, 4.69) is 4.98 Å². The third-order valence-corrected chi connectivity index (χ3v) is 3.04. The molecule has 0 amide bonds. The first-order valence-corrected chi connectivity index (χ1v) is 5.90. The second-order valence-electron chi connectivity index (χ2n) is 4.12. The molecule has 3 rings (SSSR count). The number of carbonyl (C=O) groups excluding carboxylic acids is 1. The average Bonchev–Trinajstić information content (AvgIpc) is 2.86. The maximum Gasteiger partial charge on any atom is 0.170 e. The van der Waals surface area contributed by atoms with Crippen LogP contribution in [0.3, 0.4) is 0 Å². The highest BCUT2D eigenvalue weighted by Gasteiger charge is 2.11. The molecule has 0 aliphatic rings. The van der Waals surface area contributed by atoms with Crippen molar-refractivity contribution in [2.75, 3.05) is 7.11 Å². The molecule has 19 heavy (non-hydrogen) atoms. The van der Waals surface area contributed by atoms with Gasteiger partial charge >= 0.3 is 0 Å². The van der Waals surface area contributed by atoms with Crippen molar-refractivity contribution in [2.45, 2.75) is 0 Å². The fraction of sp³-hybridized carbons (Fsp3) is 0.0667. The number of methoxy groups -OCH3 is 1. The number of nitrogens with zero attached hydrogens (tertiary/aromatic N) is 2. The van der Waals surface area contributed by atoms with E-state index in [1.807, 2.05) is 53.1 Å². The van der Waals surface area contributed by atoms with E-state index in [1.54, 1.807) is 7.11 Å². The van der Waals surface area contributed by atoms with Gasteiger partial charge in [0.25, 0.3) is 0 Å². The topological polar surface area (TPSA) is 43.6 Å². The molecular formula is C15H12N2O2. The van der Waals surface area contributed by atoms with Crippen LogP contribution in [0.15, 0.2) is 48.7 Å². The molecule has 0 fully saturated rings. The van der Waals surface area contributed by atoms with Gasteiger partial charge in [-0.3, -0.25) is 9.20 Å². The first-order valence-electron chi connectivity index (χ1n) is 5.90. The molecule has 0 spiro atoms. The molecule has 94 valence electrons. The van der Waals surface area contributed by atoms with Crippen LogP contribution < -0.4 is 4.74 Å². The van der Waals surface area contributed by atoms with Gasteiger partial charge in [-0.25, -0.2) is 4.98 Å². The molecule has 1 aromatic carbocycles. The summed E-state index contributed by atoms with van der Waals surface area (Å²) in [6.45, 7) is 0. The molecule has 2 heterocycles. The van der Waals surface area contributed by atoms with Gasteiger partial charge in [0.1, 0.15) is 17.3 Å². The minimum atomic E-state index is 0.450. The van der Waals surface area contributed by atoms with Crippen molar-refractivity contribution in [2.24, 2.45) is 0 Å². The van der Waals surface area contributed by atoms with E-state index >= 15 is 0 Å². The average molecular weight is 252 g/mol. The predicted molar refractivity (Wildman–Crippen MR) is 72.6 cm³/mol. The predicted octanol–water partition coefficient (Wildman–Crippen LogP) is 2.82. The number of ether oxygens (including phenoxy) is 1. The number of benzene rings is 1. The van der Waals surface area contributed by atoms with Gasteiger partial charge in [0.15, 0.2) is 6.29 Å². The number of hydrogen-bond acceptors (Lipinski definition) is 3. The zero-order valence-corrected chi connectivity index (χ0v) is 10.4. The smallest absolute Gasteiger partial charge is 0.170 e. The monoisotopic (exact) mass is 252 g/mol. The third kappa shape index (κ3) is 1.87. The highest BCUT2D eigenvalue weighted by atomic mass is 16.5. The summed E-state index contributed by atoms with van der Waals surface area (Å²) in [6, 6.07) is 13.3. The number of fused-ring (bicyclic) bond motifs is 1. The largest absolute Gasteiger partial charge is 0.497 e. The number of pyridine rings is 1. The molecular weight excluding hydrogens is 240 g/mol. The Morgan fingerprint density at radius 1 is 1.16 bits per heavy atom. The van der Waals surface area contributed by atoms with Crippen LogP contribution in [0.4, 0.5) is 0 Å². The van der Waals surface area contributed by atoms with E-state index in [4.69, 9.17) is 4.74 Å². The fourth-order valence-electron chi connectivity index (χ4n) is 2.09. The maximum absolute atomic E-state index is 11.1. The van der Waals surface area contributed by atoms with Crippen LogP contribution >= 0.6 is 0 Å². The minimum Gasteiger partial charge on any atom is -0.497 e. The zero-order chi connectivity index (χ0) is 13.2. The number of hydrogen-bond donors (Lipinski definition) is 0. The summed E-state index contributed by atoms with van der Waals surface area (Å²) < 4.78 is 7.04. The quantitative estimate of drug-likeness (QED) is 0.673. The van der Waals surface area contributed by atoms with Gasteiger partial charge in [0.2, 0.25) is 0 Å². The number of carbonyl (C=O) groups is 1. The lowest BCUT2D eigenvalue weighted by Gasteiger charge is -2.03. The van der Waals surface area contributed by atoms with E-state index in [1.165, 1.54) is 0 Å². The van der Waals surface area contributed by atoms with Crippen LogP contribution in [-0.4, -0.2) is 22.8 Å². The second-order valence-corrected chi connectivity index (χ2v) is 4.12. The van der Waals surface area contributed by atoms with Crippen LogP contribution in [0, 0.1) is 0 Å². The van der Waals surface area contributed by atoms with Gasteiger partial charge in [-0.1, -0.05) is 6.07 Å². The lowest BCUT2D eigenvalue weighted by Crippen LogP contribution is -1.89. The summed E-state index contributed by atoms with van der Waals surface area (Å²) in [5.41, 5.74) is 2.20. The minimum absolute atomic E-state index is 0.450. The van der Waals surface area contributed by atoms with Gasteiger partial charge in [0.05, 0.1) is 12.6 Å². The van der Waals surface area contributed by atoms with Crippen LogP contribution in [0.2, 0.25) is 0 Å². The Balaban J connectivity index is 2.21. The van der Waals surface area contributed by atoms with E-state index in [0.717, 1.165) is 28.9 Å². The van der Waals surface area contributed by atoms with Crippen molar-refractivity contribution in [1.29, 1.82) is 0 Å². The Labute approximate surface area is 110 Å². The van der Waals surface area contributed by atoms with Crippen molar-refractivity contribution in [3.05, 3.63) is 54.4 Å². The number of rotatable bonds is 3. The van der Waals surface area contributed by atoms with Crippen LogP contribution in [0.1, 0.15) is 10.5 Å². The first-order chi connectivity index (χ1) is 9.33. The van der Waals surface area contributed by atoms with E-state index in [9.17, 15) is 4.79 Å². The Morgan fingerprint density at radius 2 is 1.95 bits per heavy atom. The maximum atomic E-state index is 11.1. The van der Waals surface area contributed by atoms with Crippen LogP contribution in [-0.2, 0) is 0 Å². The number of aldehydes is 1. The van der Waals surface area contributed by atoms with Crippen molar-refractivity contribution in [3.63, 3.8) is 0 Å². The van der Waals surface area contributed by atoms with E-state index < -0.39 is 0 Å². The highest BCUT2D eigenvalue weighted by molar-refractivity contribution is 5.86. The summed E-state index contributed by atoms with van der Waals surface area (Å²) in [5, 5.41) is 0. The lowest BCUT2D eigenvalue weighted by atomic mass is 10.2. The molecule has 2 aromatic heterocycles. The van der Waals surface area contributed by atoms with Gasteiger partial charge < -0.3 is 4.74 Å². The van der Waals surface area contributed by atoms with Crippen molar-refractivity contribution in [1.82, 2.24) is 9.38 Å². The summed E-state index contributed by atoms with van der Waals surface area (Å²) in [4.78, 5) is 15.5. The zero-order valence-electron chi connectivity index (χ0n) is 10.4. The summed E-state index contributed by atoms with van der Waals surface area (Å²) in [7, 11) is 1.63. The van der Waals surface area contributed by atoms with Gasteiger partial charge in [-0.05, 0) is 36.4 Å². The van der Waals surface area contributed by atoms with E-state index in [0.29, 0.717) is 5.69 Å². The molecule has 0 aliphatic carbocycles. The normalized spacial score (nSPS) is 10.6. The lowest BCUT2D eigenvalue weighted by molar-refractivity contribution is 0.112. The van der Waals surface area contributed by atoms with Gasteiger partial charge in [-0.15, -0.1) is 0 Å². The van der Waals surface area contributed by atoms with Crippen molar-refractivity contribution < 1.29 is 9.53 Å². The Hall–Kier alpha value is -2.62. The molecule has 3 aromatic rings. The standard InChI is InChI=1S/C15H12N2O2/c1-19-12-7-5-11(6-8-12)15-16-13(10-18)14-4-2-3-9-17(14)15/h2-10H,1H3. The third-order valence-electron chi connectivity index (χ3n) is 3.04. The first kappa shape index (κ1) is 11.5. The Bertz CT molecular complexity index is 729.